The highest BCUT2D eigenvalue weighted by Gasteiger charge is 2.07. The van der Waals surface area contributed by atoms with Crippen LogP contribution in [0.5, 0.6) is 0 Å². The van der Waals surface area contributed by atoms with E-state index in [2.05, 4.69) is 11.3 Å². The third kappa shape index (κ3) is 2.05. The minimum absolute atomic E-state index is 0.111. The minimum atomic E-state index is 0.111. The van der Waals surface area contributed by atoms with Crippen molar-refractivity contribution in [3.63, 3.8) is 0 Å². The van der Waals surface area contributed by atoms with Crippen LogP contribution < -0.4 is 11.3 Å². The molecule has 0 aliphatic heterocycles. The summed E-state index contributed by atoms with van der Waals surface area (Å²) in [5, 5.41) is 2.01. The third-order valence-corrected chi connectivity index (χ3v) is 2.40. The van der Waals surface area contributed by atoms with Crippen LogP contribution in [0.1, 0.15) is 17.3 Å². The van der Waals surface area contributed by atoms with Crippen LogP contribution in [0.15, 0.2) is 17.5 Å². The van der Waals surface area contributed by atoms with Gasteiger partial charge in [-0.15, -0.1) is 23.7 Å². The lowest BCUT2D eigenvalue weighted by Crippen LogP contribution is -2.26. The first kappa shape index (κ1) is 8.28. The SMILES string of the molecule is C#CCC(NN)c1cccs1. The molecule has 0 aliphatic rings. The van der Waals surface area contributed by atoms with Crippen LogP contribution in [0.25, 0.3) is 0 Å². The van der Waals surface area contributed by atoms with Crippen LogP contribution in [0.3, 0.4) is 0 Å². The summed E-state index contributed by atoms with van der Waals surface area (Å²) in [6, 6.07) is 4.12. The summed E-state index contributed by atoms with van der Waals surface area (Å²) >= 11 is 1.66. The Morgan fingerprint density at radius 2 is 2.64 bits per heavy atom. The zero-order valence-corrected chi connectivity index (χ0v) is 6.90. The highest BCUT2D eigenvalue weighted by Crippen LogP contribution is 2.20. The molecule has 3 N–H and O–H groups in total. The number of terminal acetylenes is 1. The van der Waals surface area contributed by atoms with Gasteiger partial charge in [-0.25, -0.2) is 0 Å². The molecule has 0 spiro atoms. The molecule has 1 aromatic heterocycles. The zero-order valence-electron chi connectivity index (χ0n) is 6.08. The van der Waals surface area contributed by atoms with Crippen molar-refractivity contribution in [1.82, 2.24) is 5.43 Å². The van der Waals surface area contributed by atoms with Gasteiger partial charge >= 0.3 is 0 Å². The standard InChI is InChI=1S/C8H10N2S/c1-2-4-7(10-9)8-5-3-6-11-8/h1,3,5-7,10H,4,9H2. The molecule has 1 aromatic rings. The summed E-state index contributed by atoms with van der Waals surface area (Å²) in [4.78, 5) is 1.19. The second-order valence-corrected chi connectivity index (χ2v) is 3.12. The number of nitrogens with two attached hydrogens (primary N) is 1. The van der Waals surface area contributed by atoms with Crippen molar-refractivity contribution in [3.05, 3.63) is 22.4 Å². The van der Waals surface area contributed by atoms with Gasteiger partial charge in [-0.2, -0.15) is 0 Å². The summed E-state index contributed by atoms with van der Waals surface area (Å²) in [6.45, 7) is 0. The number of rotatable bonds is 3. The number of nitrogens with one attached hydrogen (secondary N) is 1. The second kappa shape index (κ2) is 4.14. The molecule has 2 nitrogen and oxygen atoms in total. The number of hydrogen-bond acceptors (Lipinski definition) is 3. The molecule has 0 amide bonds. The largest absolute Gasteiger partial charge is 0.271 e. The topological polar surface area (TPSA) is 38.0 Å². The van der Waals surface area contributed by atoms with Crippen LogP contribution >= 0.6 is 11.3 Å². The zero-order chi connectivity index (χ0) is 8.10. The summed E-state index contributed by atoms with van der Waals surface area (Å²) in [5.41, 5.74) is 2.67. The molecule has 1 unspecified atom stereocenters. The predicted octanol–water partition coefficient (Wildman–Crippen LogP) is 1.28. The van der Waals surface area contributed by atoms with Crippen molar-refractivity contribution in [1.29, 1.82) is 0 Å². The van der Waals surface area contributed by atoms with Gasteiger partial charge in [-0.05, 0) is 11.4 Å². The molecular formula is C8H10N2S. The smallest absolute Gasteiger partial charge is 0.0662 e. The van der Waals surface area contributed by atoms with Gasteiger partial charge in [0.15, 0.2) is 0 Å². The van der Waals surface area contributed by atoms with Crippen molar-refractivity contribution in [2.45, 2.75) is 12.5 Å². The molecule has 0 aliphatic carbocycles. The van der Waals surface area contributed by atoms with Crippen LogP contribution in [-0.2, 0) is 0 Å². The van der Waals surface area contributed by atoms with Crippen molar-refractivity contribution in [3.8, 4) is 12.3 Å². The Morgan fingerprint density at radius 1 is 1.82 bits per heavy atom. The Hall–Kier alpha value is -0.820. The Bertz CT molecular complexity index is 235. The average molecular weight is 166 g/mol. The highest BCUT2D eigenvalue weighted by atomic mass is 32.1. The van der Waals surface area contributed by atoms with E-state index in [4.69, 9.17) is 12.3 Å². The van der Waals surface area contributed by atoms with E-state index in [1.54, 1.807) is 11.3 Å². The van der Waals surface area contributed by atoms with E-state index >= 15 is 0 Å². The molecule has 0 radical (unpaired) electrons. The Kier molecular flexibility index (Phi) is 3.12. The van der Waals surface area contributed by atoms with Crippen molar-refractivity contribution in [2.75, 3.05) is 0 Å². The molecule has 1 atom stereocenters. The first-order valence-corrected chi connectivity index (χ1v) is 4.19. The summed E-state index contributed by atoms with van der Waals surface area (Å²) in [6.07, 6.45) is 5.81. The van der Waals surface area contributed by atoms with E-state index in [9.17, 15) is 0 Å². The maximum Gasteiger partial charge on any atom is 0.0662 e. The minimum Gasteiger partial charge on any atom is -0.271 e. The molecule has 0 saturated carbocycles. The van der Waals surface area contributed by atoms with Crippen LogP contribution in [-0.4, -0.2) is 0 Å². The highest BCUT2D eigenvalue weighted by molar-refractivity contribution is 7.10. The van der Waals surface area contributed by atoms with Crippen LogP contribution in [0.2, 0.25) is 0 Å². The molecule has 11 heavy (non-hydrogen) atoms. The lowest BCUT2D eigenvalue weighted by molar-refractivity contribution is 0.577. The van der Waals surface area contributed by atoms with E-state index in [-0.39, 0.29) is 6.04 Å². The molecule has 1 heterocycles. The maximum absolute atomic E-state index is 5.31. The molecule has 1 rings (SSSR count). The van der Waals surface area contributed by atoms with E-state index in [1.807, 2.05) is 17.5 Å². The third-order valence-electron chi connectivity index (χ3n) is 1.41. The first-order chi connectivity index (χ1) is 5.38. The van der Waals surface area contributed by atoms with Gasteiger partial charge in [0, 0.05) is 11.3 Å². The van der Waals surface area contributed by atoms with Gasteiger partial charge in [-0.1, -0.05) is 6.07 Å². The lowest BCUT2D eigenvalue weighted by Gasteiger charge is -2.09. The second-order valence-electron chi connectivity index (χ2n) is 2.14. The monoisotopic (exact) mass is 166 g/mol. The Morgan fingerprint density at radius 3 is 3.09 bits per heavy atom. The molecule has 0 bridgehead atoms. The van der Waals surface area contributed by atoms with E-state index in [0.29, 0.717) is 6.42 Å². The molecule has 0 saturated heterocycles. The van der Waals surface area contributed by atoms with Gasteiger partial charge in [0.05, 0.1) is 6.04 Å². The van der Waals surface area contributed by atoms with Gasteiger partial charge in [0.1, 0.15) is 0 Å². The summed E-state index contributed by atoms with van der Waals surface area (Å²) in [7, 11) is 0. The van der Waals surface area contributed by atoms with Crippen molar-refractivity contribution < 1.29 is 0 Å². The normalized spacial score (nSPS) is 12.4. The van der Waals surface area contributed by atoms with Gasteiger partial charge < -0.3 is 0 Å². The maximum atomic E-state index is 5.31. The molecule has 0 fully saturated rings. The van der Waals surface area contributed by atoms with Crippen molar-refractivity contribution >= 4 is 11.3 Å². The fraction of sp³-hybridized carbons (Fsp3) is 0.250. The van der Waals surface area contributed by atoms with Crippen LogP contribution in [0.4, 0.5) is 0 Å². The van der Waals surface area contributed by atoms with Crippen LogP contribution in [0, 0.1) is 12.3 Å². The number of hydrazine groups is 1. The Labute approximate surface area is 70.4 Å². The number of hydrogen-bond donors (Lipinski definition) is 2. The number of thiophene rings is 1. The van der Waals surface area contributed by atoms with Gasteiger partial charge in [-0.3, -0.25) is 11.3 Å². The summed E-state index contributed by atoms with van der Waals surface area (Å²) in [5.74, 6) is 7.88. The molecule has 58 valence electrons. The Balaban J connectivity index is 2.65. The predicted molar refractivity (Wildman–Crippen MR) is 47.8 cm³/mol. The van der Waals surface area contributed by atoms with E-state index in [1.165, 1.54) is 4.88 Å². The molecule has 3 heteroatoms. The molecular weight excluding hydrogens is 156 g/mol. The first-order valence-electron chi connectivity index (χ1n) is 3.31. The van der Waals surface area contributed by atoms with Crippen molar-refractivity contribution in [2.24, 2.45) is 5.84 Å². The lowest BCUT2D eigenvalue weighted by atomic mass is 10.2. The summed E-state index contributed by atoms with van der Waals surface area (Å²) < 4.78 is 0. The van der Waals surface area contributed by atoms with E-state index in [0.717, 1.165) is 0 Å². The molecule has 0 aromatic carbocycles. The average Bonchev–Trinajstić information content (AvgIpc) is 2.52. The van der Waals surface area contributed by atoms with E-state index < -0.39 is 0 Å². The van der Waals surface area contributed by atoms with Gasteiger partial charge in [0.25, 0.3) is 0 Å². The quantitative estimate of drug-likeness (QED) is 0.403. The fourth-order valence-corrected chi connectivity index (χ4v) is 1.64. The fourth-order valence-electron chi connectivity index (χ4n) is 0.849. The van der Waals surface area contributed by atoms with Gasteiger partial charge in [0.2, 0.25) is 0 Å².